The van der Waals surface area contributed by atoms with E-state index in [1.54, 1.807) is 11.8 Å². The summed E-state index contributed by atoms with van der Waals surface area (Å²) in [6.45, 7) is 7.02. The zero-order valence-corrected chi connectivity index (χ0v) is 12.0. The quantitative estimate of drug-likeness (QED) is 0.570. The molecule has 1 atom stereocenters. The molecule has 5 heteroatoms. The van der Waals surface area contributed by atoms with Crippen molar-refractivity contribution in [2.75, 3.05) is 24.7 Å². The van der Waals surface area contributed by atoms with E-state index in [0.717, 1.165) is 17.9 Å². The lowest BCUT2D eigenvalue weighted by Gasteiger charge is -2.26. The molecular formula is C12H26N2O2S. The molecule has 1 amide bonds. The number of aliphatic hydroxyl groups is 1. The highest BCUT2D eigenvalue weighted by Crippen LogP contribution is 2.19. The van der Waals surface area contributed by atoms with Crippen LogP contribution < -0.4 is 11.1 Å². The normalized spacial score (nSPS) is 13.5. The van der Waals surface area contributed by atoms with E-state index in [9.17, 15) is 4.79 Å². The Bertz CT molecular complexity index is 217. The summed E-state index contributed by atoms with van der Waals surface area (Å²) >= 11 is 1.74. The van der Waals surface area contributed by atoms with E-state index in [1.807, 2.05) is 20.8 Å². The number of hydrogen-bond donors (Lipinski definition) is 3. The molecular weight excluding hydrogens is 236 g/mol. The summed E-state index contributed by atoms with van der Waals surface area (Å²) < 4.78 is 0. The number of thioether (sulfide) groups is 1. The van der Waals surface area contributed by atoms with Crippen molar-refractivity contribution >= 4 is 17.7 Å². The van der Waals surface area contributed by atoms with Crippen molar-refractivity contribution in [3.63, 3.8) is 0 Å². The van der Waals surface area contributed by atoms with Gasteiger partial charge >= 0.3 is 0 Å². The number of hydrogen-bond acceptors (Lipinski definition) is 4. The predicted molar refractivity (Wildman–Crippen MR) is 74.1 cm³/mol. The molecule has 0 saturated carbocycles. The van der Waals surface area contributed by atoms with E-state index in [0.29, 0.717) is 13.0 Å². The third-order valence-corrected chi connectivity index (χ3v) is 3.60. The largest absolute Gasteiger partial charge is 0.396 e. The molecule has 1 unspecified atom stereocenters. The lowest BCUT2D eigenvalue weighted by Crippen LogP contribution is -2.40. The molecule has 0 aliphatic rings. The van der Waals surface area contributed by atoms with Crippen LogP contribution in [0.2, 0.25) is 0 Å². The molecule has 0 saturated heterocycles. The van der Waals surface area contributed by atoms with Gasteiger partial charge in [0.25, 0.3) is 0 Å². The second-order valence-corrected chi connectivity index (χ2v) is 6.44. The fourth-order valence-corrected chi connectivity index (χ4v) is 1.89. The third-order valence-electron chi connectivity index (χ3n) is 2.53. The van der Waals surface area contributed by atoms with Crippen LogP contribution >= 0.6 is 11.8 Å². The lowest BCUT2D eigenvalue weighted by molar-refractivity contribution is -0.121. The van der Waals surface area contributed by atoms with Crippen LogP contribution in [0.4, 0.5) is 0 Å². The van der Waals surface area contributed by atoms with Crippen molar-refractivity contribution < 1.29 is 9.90 Å². The molecule has 102 valence electrons. The van der Waals surface area contributed by atoms with Gasteiger partial charge < -0.3 is 16.2 Å². The molecule has 0 aliphatic carbocycles. The van der Waals surface area contributed by atoms with Crippen LogP contribution in [0.3, 0.4) is 0 Å². The molecule has 0 aliphatic heterocycles. The van der Waals surface area contributed by atoms with E-state index < -0.39 is 0 Å². The van der Waals surface area contributed by atoms with Crippen LogP contribution in [0.25, 0.3) is 0 Å². The number of aliphatic hydroxyl groups excluding tert-OH is 1. The van der Waals surface area contributed by atoms with Crippen LogP contribution in [0.1, 0.15) is 33.6 Å². The Morgan fingerprint density at radius 2 is 2.06 bits per heavy atom. The van der Waals surface area contributed by atoms with Crippen LogP contribution in [-0.4, -0.2) is 41.7 Å². The lowest BCUT2D eigenvalue weighted by atomic mass is 9.85. The Balaban J connectivity index is 3.53. The third kappa shape index (κ3) is 9.44. The Kier molecular flexibility index (Phi) is 8.64. The summed E-state index contributed by atoms with van der Waals surface area (Å²) in [7, 11) is 0. The fraction of sp³-hybridized carbons (Fsp3) is 0.917. The number of amides is 1. The molecule has 0 aromatic carbocycles. The zero-order valence-electron chi connectivity index (χ0n) is 11.2. The molecule has 0 rings (SSSR count). The van der Waals surface area contributed by atoms with Crippen molar-refractivity contribution in [3.05, 3.63) is 0 Å². The SMILES string of the molecule is CC(C)(C)C(N)CC(=O)NCCSCCCO. The summed E-state index contributed by atoms with van der Waals surface area (Å²) in [4.78, 5) is 11.5. The zero-order chi connectivity index (χ0) is 13.3. The first-order valence-electron chi connectivity index (χ1n) is 6.09. The molecule has 0 heterocycles. The van der Waals surface area contributed by atoms with Gasteiger partial charge in [0.15, 0.2) is 0 Å². The van der Waals surface area contributed by atoms with Crippen molar-refractivity contribution in [1.29, 1.82) is 0 Å². The monoisotopic (exact) mass is 262 g/mol. The molecule has 4 N–H and O–H groups in total. The van der Waals surface area contributed by atoms with Gasteiger partial charge in [0, 0.05) is 31.4 Å². The molecule has 0 radical (unpaired) electrons. The highest BCUT2D eigenvalue weighted by molar-refractivity contribution is 7.99. The minimum atomic E-state index is -0.107. The van der Waals surface area contributed by atoms with Gasteiger partial charge in [0.1, 0.15) is 0 Å². The molecule has 0 bridgehead atoms. The maximum Gasteiger partial charge on any atom is 0.221 e. The predicted octanol–water partition coefficient (Wildman–Crippen LogP) is 0.982. The second-order valence-electron chi connectivity index (χ2n) is 5.22. The van der Waals surface area contributed by atoms with Gasteiger partial charge in [-0.15, -0.1) is 0 Å². The van der Waals surface area contributed by atoms with Gasteiger partial charge in [-0.3, -0.25) is 4.79 Å². The first-order valence-corrected chi connectivity index (χ1v) is 7.24. The molecule has 0 aromatic heterocycles. The summed E-state index contributed by atoms with van der Waals surface area (Å²) in [5, 5.41) is 11.4. The number of carbonyl (C=O) groups is 1. The Morgan fingerprint density at radius 1 is 1.41 bits per heavy atom. The summed E-state index contributed by atoms with van der Waals surface area (Å²) in [5.74, 6) is 1.85. The maximum atomic E-state index is 11.5. The molecule has 4 nitrogen and oxygen atoms in total. The topological polar surface area (TPSA) is 75.4 Å². The molecule has 0 aromatic rings. The Labute approximate surface area is 109 Å². The van der Waals surface area contributed by atoms with Crippen LogP contribution in [0.15, 0.2) is 0 Å². The van der Waals surface area contributed by atoms with Crippen LogP contribution in [-0.2, 0) is 4.79 Å². The van der Waals surface area contributed by atoms with Crippen molar-refractivity contribution in [1.82, 2.24) is 5.32 Å². The van der Waals surface area contributed by atoms with Gasteiger partial charge in [0.2, 0.25) is 5.91 Å². The summed E-state index contributed by atoms with van der Waals surface area (Å²) in [6.07, 6.45) is 1.19. The first kappa shape index (κ1) is 16.7. The fourth-order valence-electron chi connectivity index (χ4n) is 1.11. The van der Waals surface area contributed by atoms with Crippen molar-refractivity contribution in [2.45, 2.75) is 39.7 Å². The summed E-state index contributed by atoms with van der Waals surface area (Å²) in [5.41, 5.74) is 5.89. The van der Waals surface area contributed by atoms with Gasteiger partial charge in [-0.1, -0.05) is 20.8 Å². The van der Waals surface area contributed by atoms with Crippen molar-refractivity contribution in [3.8, 4) is 0 Å². The second kappa shape index (κ2) is 8.78. The molecule has 0 fully saturated rings. The average Bonchev–Trinajstić information content (AvgIpc) is 2.21. The van der Waals surface area contributed by atoms with E-state index in [2.05, 4.69) is 5.32 Å². The maximum absolute atomic E-state index is 11.5. The van der Waals surface area contributed by atoms with Gasteiger partial charge in [-0.25, -0.2) is 0 Å². The van der Waals surface area contributed by atoms with Crippen LogP contribution in [0.5, 0.6) is 0 Å². The number of carbonyl (C=O) groups excluding carboxylic acids is 1. The van der Waals surface area contributed by atoms with Crippen LogP contribution in [0, 0.1) is 5.41 Å². The Hall–Kier alpha value is -0.260. The molecule has 17 heavy (non-hydrogen) atoms. The molecule has 0 spiro atoms. The Morgan fingerprint density at radius 3 is 2.59 bits per heavy atom. The first-order chi connectivity index (χ1) is 7.88. The minimum Gasteiger partial charge on any atom is -0.396 e. The van der Waals surface area contributed by atoms with E-state index in [1.165, 1.54) is 0 Å². The average molecular weight is 262 g/mol. The number of nitrogens with one attached hydrogen (secondary N) is 1. The van der Waals surface area contributed by atoms with Gasteiger partial charge in [-0.05, 0) is 17.6 Å². The van der Waals surface area contributed by atoms with Gasteiger partial charge in [0.05, 0.1) is 0 Å². The van der Waals surface area contributed by atoms with Crippen molar-refractivity contribution in [2.24, 2.45) is 11.1 Å². The standard InChI is InChI=1S/C12H26N2O2S/c1-12(2,3)10(13)9-11(16)14-5-8-17-7-4-6-15/h10,15H,4-9,13H2,1-3H3,(H,14,16). The highest BCUT2D eigenvalue weighted by Gasteiger charge is 2.22. The summed E-state index contributed by atoms with van der Waals surface area (Å²) in [6, 6.07) is -0.107. The van der Waals surface area contributed by atoms with Gasteiger partial charge in [-0.2, -0.15) is 11.8 Å². The van der Waals surface area contributed by atoms with E-state index >= 15 is 0 Å². The number of nitrogens with two attached hydrogens (primary N) is 1. The smallest absolute Gasteiger partial charge is 0.221 e. The highest BCUT2D eigenvalue weighted by atomic mass is 32.2. The minimum absolute atomic E-state index is 0.0233. The van der Waals surface area contributed by atoms with E-state index in [-0.39, 0.29) is 24.0 Å². The van der Waals surface area contributed by atoms with E-state index in [4.69, 9.17) is 10.8 Å². The number of rotatable bonds is 8.